The highest BCUT2D eigenvalue weighted by Crippen LogP contribution is 2.20. The van der Waals surface area contributed by atoms with Crippen LogP contribution >= 0.6 is 39.1 Å². The molecule has 0 aromatic heterocycles. The standard InChI is InChI=1S/C12H14BrCl2NO2/c13-4-7-18-6-1-5-16-12(17)10-3-2-9(14)8-11(10)15/h2-3,8H,1,4-7H2,(H,16,17). The van der Waals surface area contributed by atoms with Crippen molar-refractivity contribution in [3.63, 3.8) is 0 Å². The van der Waals surface area contributed by atoms with Crippen LogP contribution in [0.2, 0.25) is 10.0 Å². The van der Waals surface area contributed by atoms with Crippen molar-refractivity contribution < 1.29 is 9.53 Å². The third kappa shape index (κ3) is 5.57. The molecule has 0 aliphatic rings. The molecule has 0 aliphatic carbocycles. The maximum atomic E-state index is 11.8. The number of amides is 1. The molecule has 100 valence electrons. The van der Waals surface area contributed by atoms with Crippen LogP contribution in [0, 0.1) is 0 Å². The summed E-state index contributed by atoms with van der Waals surface area (Å²) >= 11 is 15.0. The largest absolute Gasteiger partial charge is 0.381 e. The van der Waals surface area contributed by atoms with Crippen LogP contribution in [0.1, 0.15) is 16.8 Å². The molecule has 0 spiro atoms. The lowest BCUT2D eigenvalue weighted by Crippen LogP contribution is -2.25. The quantitative estimate of drug-likeness (QED) is 0.601. The van der Waals surface area contributed by atoms with Gasteiger partial charge in [-0.25, -0.2) is 0 Å². The molecule has 18 heavy (non-hydrogen) atoms. The van der Waals surface area contributed by atoms with Gasteiger partial charge in [0.1, 0.15) is 0 Å². The molecule has 0 radical (unpaired) electrons. The van der Waals surface area contributed by atoms with E-state index in [1.165, 1.54) is 0 Å². The zero-order chi connectivity index (χ0) is 13.4. The molecule has 0 unspecified atom stereocenters. The second-order valence-corrected chi connectivity index (χ2v) is 5.17. The summed E-state index contributed by atoms with van der Waals surface area (Å²) in [6.07, 6.45) is 0.768. The number of ether oxygens (including phenoxy) is 1. The van der Waals surface area contributed by atoms with E-state index >= 15 is 0 Å². The molecule has 1 aromatic rings. The normalized spacial score (nSPS) is 10.4. The number of hydrogen-bond acceptors (Lipinski definition) is 2. The lowest BCUT2D eigenvalue weighted by atomic mass is 10.2. The SMILES string of the molecule is O=C(NCCCOCCBr)c1ccc(Cl)cc1Cl. The second-order valence-electron chi connectivity index (χ2n) is 3.53. The number of alkyl halides is 1. The Hall–Kier alpha value is -0.290. The Morgan fingerprint density at radius 2 is 2.11 bits per heavy atom. The van der Waals surface area contributed by atoms with Crippen molar-refractivity contribution in [2.75, 3.05) is 25.1 Å². The highest BCUT2D eigenvalue weighted by molar-refractivity contribution is 9.09. The van der Waals surface area contributed by atoms with Crippen LogP contribution in [0.5, 0.6) is 0 Å². The monoisotopic (exact) mass is 353 g/mol. The average molecular weight is 355 g/mol. The summed E-state index contributed by atoms with van der Waals surface area (Å²) in [5, 5.41) is 4.47. The first-order valence-electron chi connectivity index (χ1n) is 5.52. The zero-order valence-corrected chi connectivity index (χ0v) is 12.8. The second kappa shape index (κ2) is 8.75. The van der Waals surface area contributed by atoms with Gasteiger partial charge in [-0.3, -0.25) is 4.79 Å². The van der Waals surface area contributed by atoms with Gasteiger partial charge in [0.2, 0.25) is 0 Å². The number of nitrogens with one attached hydrogen (secondary N) is 1. The third-order valence-electron chi connectivity index (χ3n) is 2.15. The predicted octanol–water partition coefficient (Wildman–Crippen LogP) is 3.52. The highest BCUT2D eigenvalue weighted by atomic mass is 79.9. The molecule has 0 atom stereocenters. The van der Waals surface area contributed by atoms with Gasteiger partial charge < -0.3 is 10.1 Å². The molecule has 0 heterocycles. The van der Waals surface area contributed by atoms with E-state index in [0.717, 1.165) is 11.8 Å². The van der Waals surface area contributed by atoms with Gasteiger partial charge in [-0.05, 0) is 24.6 Å². The van der Waals surface area contributed by atoms with Gasteiger partial charge in [-0.15, -0.1) is 0 Å². The Morgan fingerprint density at radius 1 is 1.33 bits per heavy atom. The van der Waals surface area contributed by atoms with E-state index in [2.05, 4.69) is 21.2 Å². The summed E-state index contributed by atoms with van der Waals surface area (Å²) in [7, 11) is 0. The summed E-state index contributed by atoms with van der Waals surface area (Å²) in [6, 6.07) is 4.81. The minimum atomic E-state index is -0.197. The first-order valence-corrected chi connectivity index (χ1v) is 7.40. The van der Waals surface area contributed by atoms with Crippen LogP contribution in [-0.2, 0) is 4.74 Å². The van der Waals surface area contributed by atoms with Crippen LogP contribution in [0.25, 0.3) is 0 Å². The van der Waals surface area contributed by atoms with Crippen LogP contribution in [-0.4, -0.2) is 31.0 Å². The summed E-state index contributed by atoms with van der Waals surface area (Å²) in [5.74, 6) is -0.197. The minimum Gasteiger partial charge on any atom is -0.381 e. The molecular weight excluding hydrogens is 341 g/mol. The molecule has 0 fully saturated rings. The minimum absolute atomic E-state index is 0.197. The van der Waals surface area contributed by atoms with Crippen molar-refractivity contribution in [3.8, 4) is 0 Å². The molecule has 0 saturated heterocycles. The van der Waals surface area contributed by atoms with Crippen LogP contribution in [0.15, 0.2) is 18.2 Å². The zero-order valence-electron chi connectivity index (χ0n) is 9.72. The van der Waals surface area contributed by atoms with Gasteiger partial charge in [0.25, 0.3) is 5.91 Å². The molecular formula is C12H14BrCl2NO2. The van der Waals surface area contributed by atoms with Crippen molar-refractivity contribution in [2.24, 2.45) is 0 Å². The van der Waals surface area contributed by atoms with Crippen LogP contribution in [0.4, 0.5) is 0 Å². The van der Waals surface area contributed by atoms with Crippen molar-refractivity contribution in [1.29, 1.82) is 0 Å². The molecule has 1 aromatic carbocycles. The Morgan fingerprint density at radius 3 is 2.78 bits per heavy atom. The Balaban J connectivity index is 2.32. The van der Waals surface area contributed by atoms with Crippen molar-refractivity contribution in [3.05, 3.63) is 33.8 Å². The summed E-state index contributed by atoms with van der Waals surface area (Å²) < 4.78 is 5.27. The average Bonchev–Trinajstić information content (AvgIpc) is 2.33. The highest BCUT2D eigenvalue weighted by Gasteiger charge is 2.09. The number of rotatable bonds is 7. The predicted molar refractivity (Wildman–Crippen MR) is 78.0 cm³/mol. The molecule has 0 aliphatic heterocycles. The first-order chi connectivity index (χ1) is 8.65. The fourth-order valence-electron chi connectivity index (χ4n) is 1.30. The van der Waals surface area contributed by atoms with Crippen LogP contribution < -0.4 is 5.32 Å². The van der Waals surface area contributed by atoms with E-state index in [0.29, 0.717) is 35.4 Å². The first kappa shape index (κ1) is 15.8. The number of halogens is 3. The molecule has 0 saturated carbocycles. The van der Waals surface area contributed by atoms with Crippen LogP contribution in [0.3, 0.4) is 0 Å². The fraction of sp³-hybridized carbons (Fsp3) is 0.417. The van der Waals surface area contributed by atoms with E-state index in [9.17, 15) is 4.79 Å². The smallest absolute Gasteiger partial charge is 0.252 e. The molecule has 3 nitrogen and oxygen atoms in total. The molecule has 1 rings (SSSR count). The maximum Gasteiger partial charge on any atom is 0.252 e. The third-order valence-corrected chi connectivity index (χ3v) is 3.02. The lowest BCUT2D eigenvalue weighted by Gasteiger charge is -2.07. The van der Waals surface area contributed by atoms with E-state index in [1.54, 1.807) is 18.2 Å². The van der Waals surface area contributed by atoms with Gasteiger partial charge in [-0.2, -0.15) is 0 Å². The lowest BCUT2D eigenvalue weighted by molar-refractivity contribution is 0.0945. The van der Waals surface area contributed by atoms with Crippen molar-refractivity contribution in [1.82, 2.24) is 5.32 Å². The topological polar surface area (TPSA) is 38.3 Å². The summed E-state index contributed by atoms with van der Waals surface area (Å²) in [6.45, 7) is 1.86. The molecule has 1 N–H and O–H groups in total. The summed E-state index contributed by atoms with van der Waals surface area (Å²) in [4.78, 5) is 11.8. The van der Waals surface area contributed by atoms with Gasteiger partial charge in [0.15, 0.2) is 0 Å². The fourth-order valence-corrected chi connectivity index (χ4v) is 2.02. The number of hydrogen-bond donors (Lipinski definition) is 1. The maximum absolute atomic E-state index is 11.8. The number of benzene rings is 1. The van der Waals surface area contributed by atoms with E-state index in [4.69, 9.17) is 27.9 Å². The van der Waals surface area contributed by atoms with Gasteiger partial charge in [-0.1, -0.05) is 39.1 Å². The Bertz CT molecular complexity index is 402. The molecule has 6 heteroatoms. The summed E-state index contributed by atoms with van der Waals surface area (Å²) in [5.41, 5.74) is 0.433. The van der Waals surface area contributed by atoms with Crippen molar-refractivity contribution in [2.45, 2.75) is 6.42 Å². The molecule has 1 amide bonds. The van der Waals surface area contributed by atoms with Gasteiger partial charge in [0.05, 0.1) is 17.2 Å². The number of carbonyl (C=O) groups is 1. The van der Waals surface area contributed by atoms with E-state index in [1.807, 2.05) is 0 Å². The van der Waals surface area contributed by atoms with E-state index < -0.39 is 0 Å². The Labute approximate surface area is 125 Å². The van der Waals surface area contributed by atoms with Crippen molar-refractivity contribution >= 4 is 45.0 Å². The Kier molecular flexibility index (Phi) is 7.66. The van der Waals surface area contributed by atoms with Gasteiger partial charge in [0, 0.05) is 23.5 Å². The van der Waals surface area contributed by atoms with E-state index in [-0.39, 0.29) is 5.91 Å². The molecule has 0 bridgehead atoms. The number of carbonyl (C=O) groups excluding carboxylic acids is 1. The van der Waals surface area contributed by atoms with Gasteiger partial charge >= 0.3 is 0 Å².